The van der Waals surface area contributed by atoms with Crippen LogP contribution in [0, 0.1) is 5.92 Å². The van der Waals surface area contributed by atoms with Gasteiger partial charge in [-0.25, -0.2) is 0 Å². The van der Waals surface area contributed by atoms with E-state index < -0.39 is 0 Å². The molecule has 5 heteroatoms. The van der Waals surface area contributed by atoms with Crippen LogP contribution in [0.1, 0.15) is 62.2 Å². The Morgan fingerprint density at radius 3 is 2.59 bits per heavy atom. The van der Waals surface area contributed by atoms with Crippen LogP contribution in [0.4, 0.5) is 0 Å². The maximum absolute atomic E-state index is 12.1. The van der Waals surface area contributed by atoms with Crippen molar-refractivity contribution in [2.24, 2.45) is 5.92 Å². The number of fused-ring (bicyclic) bond motifs is 3. The fraction of sp³-hybridized carbons (Fsp3) is 0.625. The third-order valence-corrected chi connectivity index (χ3v) is 7.64. The number of ketones is 1. The van der Waals surface area contributed by atoms with Crippen LogP contribution < -0.4 is 0 Å². The van der Waals surface area contributed by atoms with Crippen molar-refractivity contribution in [2.45, 2.75) is 76.6 Å². The topological polar surface area (TPSA) is 34.5 Å². The first-order chi connectivity index (χ1) is 14.1. The second kappa shape index (κ2) is 8.16. The molecule has 1 aliphatic carbocycles. The molecule has 2 unspecified atom stereocenters. The predicted molar refractivity (Wildman–Crippen MR) is 119 cm³/mol. The predicted octanol–water partition coefficient (Wildman–Crippen LogP) is 5.42. The number of benzene rings is 1. The molecular weight excluding hydrogens is 428 g/mol. The zero-order chi connectivity index (χ0) is 20.0. The highest BCUT2D eigenvalue weighted by molar-refractivity contribution is 9.10. The minimum Gasteiger partial charge on any atom is -0.378 e. The molecule has 0 radical (unpaired) electrons. The fourth-order valence-electron chi connectivity index (χ4n) is 5.44. The Hall–Kier alpha value is -1.17. The third-order valence-electron chi connectivity index (χ3n) is 7.14. The van der Waals surface area contributed by atoms with Gasteiger partial charge in [-0.2, -0.15) is 0 Å². The van der Waals surface area contributed by atoms with E-state index in [0.717, 1.165) is 53.0 Å². The molecule has 1 saturated carbocycles. The first kappa shape index (κ1) is 19.8. The van der Waals surface area contributed by atoms with Crippen molar-refractivity contribution in [1.82, 2.24) is 9.47 Å². The number of carbonyl (C=O) groups is 1. The summed E-state index contributed by atoms with van der Waals surface area (Å²) in [5.74, 6) is 1.00. The van der Waals surface area contributed by atoms with Gasteiger partial charge in [0.25, 0.3) is 0 Å². The lowest BCUT2D eigenvalue weighted by molar-refractivity contribution is -0.0241. The van der Waals surface area contributed by atoms with E-state index in [-0.39, 0.29) is 5.78 Å². The van der Waals surface area contributed by atoms with E-state index in [1.165, 1.54) is 38.5 Å². The van der Waals surface area contributed by atoms with E-state index >= 15 is 0 Å². The average Bonchev–Trinajstić information content (AvgIpc) is 3.41. The van der Waals surface area contributed by atoms with Crippen LogP contribution in [0.3, 0.4) is 0 Å². The van der Waals surface area contributed by atoms with Gasteiger partial charge >= 0.3 is 0 Å². The number of piperidine rings is 1. The Balaban J connectivity index is 1.20. The van der Waals surface area contributed by atoms with Crippen LogP contribution in [0.15, 0.2) is 28.9 Å². The van der Waals surface area contributed by atoms with Gasteiger partial charge in [0, 0.05) is 58.9 Å². The van der Waals surface area contributed by atoms with Crippen LogP contribution in [0.25, 0.3) is 10.9 Å². The van der Waals surface area contributed by atoms with Crippen molar-refractivity contribution in [1.29, 1.82) is 0 Å². The van der Waals surface area contributed by atoms with Crippen LogP contribution in [0.2, 0.25) is 0 Å². The molecule has 156 valence electrons. The molecule has 3 heterocycles. The summed E-state index contributed by atoms with van der Waals surface area (Å²) in [5.41, 5.74) is 1.99. The van der Waals surface area contributed by atoms with Crippen LogP contribution >= 0.6 is 15.9 Å². The minimum atomic E-state index is 0.137. The summed E-state index contributed by atoms with van der Waals surface area (Å²) >= 11 is 3.54. The van der Waals surface area contributed by atoms with Crippen LogP contribution in [0.5, 0.6) is 0 Å². The molecule has 1 aromatic heterocycles. The van der Waals surface area contributed by atoms with Gasteiger partial charge < -0.3 is 9.30 Å². The molecule has 2 aromatic rings. The molecule has 29 heavy (non-hydrogen) atoms. The standard InChI is InChI=1S/C24H31BrN2O2/c1-16(28)23-14-26(24-8-5-18(25)11-22(23)24)9-2-10-27-19-6-7-20(27)13-21(12-19)29-15-17-3-4-17/h5,8,11,14,17,19-21H,2-4,6-7,9-10,12-13,15H2,1H3. The smallest absolute Gasteiger partial charge is 0.161 e. The van der Waals surface area contributed by atoms with E-state index in [9.17, 15) is 4.79 Å². The van der Waals surface area contributed by atoms with Gasteiger partial charge in [-0.3, -0.25) is 9.69 Å². The highest BCUT2D eigenvalue weighted by Crippen LogP contribution is 2.38. The van der Waals surface area contributed by atoms with Crippen molar-refractivity contribution >= 4 is 32.6 Å². The molecule has 5 rings (SSSR count). The molecule has 3 fully saturated rings. The lowest BCUT2D eigenvalue weighted by Crippen LogP contribution is -2.46. The zero-order valence-electron chi connectivity index (χ0n) is 17.3. The number of aromatic nitrogens is 1. The summed E-state index contributed by atoms with van der Waals surface area (Å²) in [6.07, 6.45) is 11.5. The number of hydrogen-bond donors (Lipinski definition) is 0. The van der Waals surface area contributed by atoms with Crippen molar-refractivity contribution < 1.29 is 9.53 Å². The highest BCUT2D eigenvalue weighted by Gasteiger charge is 2.41. The SMILES string of the molecule is CC(=O)c1cn(CCCN2C3CCC2CC(OCC2CC2)C3)c2ccc(Br)cc12. The second-order valence-corrected chi connectivity index (χ2v) is 10.2. The van der Waals surface area contributed by atoms with Gasteiger partial charge in [-0.05, 0) is 76.0 Å². The van der Waals surface area contributed by atoms with Crippen molar-refractivity contribution in [3.8, 4) is 0 Å². The molecule has 0 spiro atoms. The Morgan fingerprint density at radius 1 is 1.14 bits per heavy atom. The summed E-state index contributed by atoms with van der Waals surface area (Å²) in [5, 5.41) is 1.06. The maximum atomic E-state index is 12.1. The Kier molecular flexibility index (Phi) is 5.57. The molecule has 4 nitrogen and oxygen atoms in total. The summed E-state index contributed by atoms with van der Waals surface area (Å²) in [7, 11) is 0. The molecule has 3 aliphatic rings. The molecule has 0 amide bonds. The van der Waals surface area contributed by atoms with Gasteiger partial charge in [-0.1, -0.05) is 15.9 Å². The quantitative estimate of drug-likeness (QED) is 0.495. The average molecular weight is 459 g/mol. The number of aryl methyl sites for hydroxylation is 1. The molecule has 2 saturated heterocycles. The maximum Gasteiger partial charge on any atom is 0.161 e. The van der Waals surface area contributed by atoms with Gasteiger partial charge in [0.15, 0.2) is 5.78 Å². The number of nitrogens with zero attached hydrogens (tertiary/aromatic N) is 2. The molecule has 2 aliphatic heterocycles. The van der Waals surface area contributed by atoms with Crippen molar-refractivity contribution in [3.05, 3.63) is 34.4 Å². The summed E-state index contributed by atoms with van der Waals surface area (Å²) in [6.45, 7) is 4.77. The van der Waals surface area contributed by atoms with E-state index in [1.807, 2.05) is 6.20 Å². The summed E-state index contributed by atoms with van der Waals surface area (Å²) in [4.78, 5) is 14.8. The van der Waals surface area contributed by atoms with E-state index in [0.29, 0.717) is 18.2 Å². The lowest BCUT2D eigenvalue weighted by Gasteiger charge is -2.39. The minimum absolute atomic E-state index is 0.137. The zero-order valence-corrected chi connectivity index (χ0v) is 18.9. The van der Waals surface area contributed by atoms with Gasteiger partial charge in [-0.15, -0.1) is 0 Å². The van der Waals surface area contributed by atoms with Gasteiger partial charge in [0.1, 0.15) is 0 Å². The number of carbonyl (C=O) groups excluding carboxylic acids is 1. The molecule has 2 bridgehead atoms. The molecule has 1 aromatic carbocycles. The van der Waals surface area contributed by atoms with E-state index in [4.69, 9.17) is 4.74 Å². The number of ether oxygens (including phenoxy) is 1. The van der Waals surface area contributed by atoms with E-state index in [1.54, 1.807) is 6.92 Å². The highest BCUT2D eigenvalue weighted by atomic mass is 79.9. The largest absolute Gasteiger partial charge is 0.378 e. The number of Topliss-reactive ketones (excluding diaryl/α,β-unsaturated/α-hetero) is 1. The fourth-order valence-corrected chi connectivity index (χ4v) is 5.80. The lowest BCUT2D eigenvalue weighted by atomic mass is 9.99. The summed E-state index contributed by atoms with van der Waals surface area (Å²) in [6, 6.07) is 7.68. The second-order valence-electron chi connectivity index (χ2n) is 9.30. The third kappa shape index (κ3) is 4.19. The number of hydrogen-bond acceptors (Lipinski definition) is 3. The first-order valence-electron chi connectivity index (χ1n) is 11.2. The Labute approximate surface area is 181 Å². The Morgan fingerprint density at radius 2 is 1.90 bits per heavy atom. The Bertz CT molecular complexity index is 890. The number of rotatable bonds is 8. The number of halogens is 1. The normalized spacial score (nSPS) is 27.0. The van der Waals surface area contributed by atoms with E-state index in [2.05, 4.69) is 43.6 Å². The van der Waals surface area contributed by atoms with Crippen molar-refractivity contribution in [3.63, 3.8) is 0 Å². The molecular formula is C24H31BrN2O2. The monoisotopic (exact) mass is 458 g/mol. The van der Waals surface area contributed by atoms with Gasteiger partial charge in [0.2, 0.25) is 0 Å². The van der Waals surface area contributed by atoms with Crippen LogP contribution in [-0.2, 0) is 11.3 Å². The van der Waals surface area contributed by atoms with Gasteiger partial charge in [0.05, 0.1) is 6.10 Å². The van der Waals surface area contributed by atoms with Crippen molar-refractivity contribution in [2.75, 3.05) is 13.2 Å². The molecule has 0 N–H and O–H groups in total. The molecule has 2 atom stereocenters. The van der Waals surface area contributed by atoms with Crippen LogP contribution in [-0.4, -0.2) is 46.6 Å². The summed E-state index contributed by atoms with van der Waals surface area (Å²) < 4.78 is 9.52. The first-order valence-corrected chi connectivity index (χ1v) is 12.0.